The maximum atomic E-state index is 6.27. The minimum absolute atomic E-state index is 0.231. The lowest BCUT2D eigenvalue weighted by molar-refractivity contribution is 0.295. The molecule has 1 N–H and O–H groups in total. The van der Waals surface area contributed by atoms with Crippen molar-refractivity contribution in [3.05, 3.63) is 70.9 Å². The van der Waals surface area contributed by atoms with Crippen LogP contribution in [0.15, 0.2) is 54.7 Å². The Morgan fingerprint density at radius 3 is 2.44 bits per heavy atom. The van der Waals surface area contributed by atoms with E-state index in [4.69, 9.17) is 16.3 Å². The Balaban J connectivity index is 0.00000151. The zero-order valence-electron chi connectivity index (χ0n) is 16.0. The molecule has 2 nitrogen and oxygen atoms in total. The van der Waals surface area contributed by atoms with E-state index in [0.717, 1.165) is 34.0 Å². The number of hydrogen-bond donors (Lipinski definition) is 1. The summed E-state index contributed by atoms with van der Waals surface area (Å²) in [5.41, 5.74) is 3.39. The minimum Gasteiger partial charge on any atom is -0.492 e. The van der Waals surface area contributed by atoms with Crippen LogP contribution < -0.4 is 10.1 Å². The molecule has 1 atom stereocenters. The third kappa shape index (κ3) is 6.47. The van der Waals surface area contributed by atoms with Crippen LogP contribution in [0.2, 0.25) is 5.02 Å². The molecule has 1 unspecified atom stereocenters. The molecule has 0 aliphatic rings. The number of para-hydroxylation sites is 1. The quantitative estimate of drug-likeness (QED) is 0.607. The van der Waals surface area contributed by atoms with Gasteiger partial charge in [0.05, 0.1) is 6.61 Å². The van der Waals surface area contributed by atoms with Gasteiger partial charge in [0.2, 0.25) is 0 Å². The van der Waals surface area contributed by atoms with Gasteiger partial charge in [-0.05, 0) is 37.1 Å². The van der Waals surface area contributed by atoms with Crippen LogP contribution in [0.5, 0.6) is 5.75 Å². The number of allylic oxidation sites excluding steroid dienone is 1. The van der Waals surface area contributed by atoms with Crippen LogP contribution in [0.3, 0.4) is 0 Å². The second-order valence-electron chi connectivity index (χ2n) is 5.61. The first-order valence-corrected chi connectivity index (χ1v) is 9.38. The highest BCUT2D eigenvalue weighted by Gasteiger charge is 2.12. The molecule has 0 fully saturated rings. The lowest BCUT2D eigenvalue weighted by Crippen LogP contribution is -2.09. The van der Waals surface area contributed by atoms with Crippen molar-refractivity contribution in [1.29, 1.82) is 0 Å². The summed E-state index contributed by atoms with van der Waals surface area (Å²) in [5, 5.41) is 4.03. The number of nitrogens with one attached hydrogen (secondary N) is 1. The summed E-state index contributed by atoms with van der Waals surface area (Å²) in [6.45, 7) is 11.8. The SMILES string of the molecule is CC.CCN/C=C(\C)c1ccccc1OCC(C)c1ccccc1Cl. The molecular formula is C22H30ClNO. The smallest absolute Gasteiger partial charge is 0.126 e. The molecule has 0 spiro atoms. The Bertz CT molecular complexity index is 667. The first-order valence-electron chi connectivity index (χ1n) is 9.00. The normalized spacial score (nSPS) is 12.0. The first-order chi connectivity index (χ1) is 12.1. The lowest BCUT2D eigenvalue weighted by Gasteiger charge is -2.17. The zero-order valence-corrected chi connectivity index (χ0v) is 16.7. The Hall–Kier alpha value is -1.93. The number of rotatable bonds is 7. The lowest BCUT2D eigenvalue weighted by atomic mass is 10.0. The Morgan fingerprint density at radius 2 is 1.76 bits per heavy atom. The largest absolute Gasteiger partial charge is 0.492 e. The minimum atomic E-state index is 0.231. The predicted octanol–water partition coefficient (Wildman–Crippen LogP) is 6.52. The van der Waals surface area contributed by atoms with Gasteiger partial charge in [-0.2, -0.15) is 0 Å². The van der Waals surface area contributed by atoms with Crippen molar-refractivity contribution >= 4 is 17.2 Å². The first kappa shape index (κ1) is 21.1. The van der Waals surface area contributed by atoms with E-state index >= 15 is 0 Å². The average Bonchev–Trinajstić information content (AvgIpc) is 2.66. The Morgan fingerprint density at radius 1 is 1.12 bits per heavy atom. The van der Waals surface area contributed by atoms with Gasteiger partial charge in [0.15, 0.2) is 0 Å². The topological polar surface area (TPSA) is 21.3 Å². The third-order valence-electron chi connectivity index (χ3n) is 3.76. The second-order valence-corrected chi connectivity index (χ2v) is 6.02. The van der Waals surface area contributed by atoms with E-state index < -0.39 is 0 Å². The fourth-order valence-corrected chi connectivity index (χ4v) is 2.75. The molecular weight excluding hydrogens is 330 g/mol. The van der Waals surface area contributed by atoms with Gasteiger partial charge in [-0.1, -0.05) is 68.8 Å². The van der Waals surface area contributed by atoms with Crippen LogP contribution in [0.4, 0.5) is 0 Å². The van der Waals surface area contributed by atoms with Gasteiger partial charge in [-0.3, -0.25) is 0 Å². The summed E-state index contributed by atoms with van der Waals surface area (Å²) >= 11 is 6.27. The molecule has 0 heterocycles. The van der Waals surface area contributed by atoms with Crippen molar-refractivity contribution in [1.82, 2.24) is 5.32 Å². The molecule has 3 heteroatoms. The van der Waals surface area contributed by atoms with E-state index in [2.05, 4.69) is 38.2 Å². The molecule has 136 valence electrons. The summed E-state index contributed by atoms with van der Waals surface area (Å²) in [6, 6.07) is 16.1. The molecule has 25 heavy (non-hydrogen) atoms. The van der Waals surface area contributed by atoms with Crippen molar-refractivity contribution in [2.24, 2.45) is 0 Å². The second kappa shape index (κ2) is 11.6. The Labute approximate surface area is 157 Å². The van der Waals surface area contributed by atoms with Gasteiger partial charge in [0.1, 0.15) is 5.75 Å². The summed E-state index contributed by atoms with van der Waals surface area (Å²) in [6.07, 6.45) is 2.03. The van der Waals surface area contributed by atoms with Crippen LogP contribution in [0, 0.1) is 0 Å². The van der Waals surface area contributed by atoms with Crippen LogP contribution >= 0.6 is 11.6 Å². The monoisotopic (exact) mass is 359 g/mol. The predicted molar refractivity (Wildman–Crippen MR) is 110 cm³/mol. The number of halogens is 1. The highest BCUT2D eigenvalue weighted by atomic mass is 35.5. The van der Waals surface area contributed by atoms with Crippen LogP contribution in [0.25, 0.3) is 5.57 Å². The number of ether oxygens (including phenoxy) is 1. The van der Waals surface area contributed by atoms with E-state index in [-0.39, 0.29) is 5.92 Å². The van der Waals surface area contributed by atoms with Crippen LogP contribution in [0.1, 0.15) is 51.7 Å². The van der Waals surface area contributed by atoms with Gasteiger partial charge < -0.3 is 10.1 Å². The van der Waals surface area contributed by atoms with E-state index in [1.54, 1.807) is 0 Å². The fraction of sp³-hybridized carbons (Fsp3) is 0.364. The maximum Gasteiger partial charge on any atom is 0.126 e. The van der Waals surface area contributed by atoms with Crippen molar-refractivity contribution in [3.63, 3.8) is 0 Å². The summed E-state index contributed by atoms with van der Waals surface area (Å²) in [7, 11) is 0. The van der Waals surface area contributed by atoms with Gasteiger partial charge in [0, 0.05) is 29.2 Å². The Kier molecular flexibility index (Phi) is 9.79. The molecule has 0 amide bonds. The number of benzene rings is 2. The van der Waals surface area contributed by atoms with Crippen molar-refractivity contribution in [3.8, 4) is 5.75 Å². The molecule has 0 aliphatic carbocycles. The van der Waals surface area contributed by atoms with Crippen molar-refractivity contribution in [2.45, 2.75) is 40.5 Å². The third-order valence-corrected chi connectivity index (χ3v) is 4.10. The summed E-state index contributed by atoms with van der Waals surface area (Å²) < 4.78 is 6.08. The van der Waals surface area contributed by atoms with E-state index in [1.807, 2.05) is 56.4 Å². The van der Waals surface area contributed by atoms with E-state index in [9.17, 15) is 0 Å². The van der Waals surface area contributed by atoms with Gasteiger partial charge in [-0.25, -0.2) is 0 Å². The van der Waals surface area contributed by atoms with Crippen LogP contribution in [-0.2, 0) is 0 Å². The molecule has 0 aliphatic heterocycles. The van der Waals surface area contributed by atoms with Gasteiger partial charge >= 0.3 is 0 Å². The highest BCUT2D eigenvalue weighted by Crippen LogP contribution is 2.28. The maximum absolute atomic E-state index is 6.27. The molecule has 0 aromatic heterocycles. The molecule has 2 aromatic rings. The molecule has 0 saturated heterocycles. The summed E-state index contributed by atoms with van der Waals surface area (Å²) in [5.74, 6) is 1.13. The van der Waals surface area contributed by atoms with Crippen LogP contribution in [-0.4, -0.2) is 13.2 Å². The average molecular weight is 360 g/mol. The number of hydrogen-bond acceptors (Lipinski definition) is 2. The fourth-order valence-electron chi connectivity index (χ4n) is 2.43. The van der Waals surface area contributed by atoms with E-state index in [0.29, 0.717) is 6.61 Å². The highest BCUT2D eigenvalue weighted by molar-refractivity contribution is 6.31. The molecule has 2 aromatic carbocycles. The van der Waals surface area contributed by atoms with Gasteiger partial charge in [0.25, 0.3) is 0 Å². The zero-order chi connectivity index (χ0) is 18.7. The molecule has 0 radical (unpaired) electrons. The van der Waals surface area contributed by atoms with Crippen molar-refractivity contribution < 1.29 is 4.74 Å². The standard InChI is InChI=1S/C20H24ClNO.C2H6/c1-4-22-13-15(2)18-10-6-8-12-20(18)23-14-16(3)17-9-5-7-11-19(17)21;1-2/h5-13,16,22H,4,14H2,1-3H3;1-2H3/b15-13+;. The van der Waals surface area contributed by atoms with E-state index in [1.165, 1.54) is 0 Å². The summed E-state index contributed by atoms with van der Waals surface area (Å²) in [4.78, 5) is 0. The van der Waals surface area contributed by atoms with Gasteiger partial charge in [-0.15, -0.1) is 0 Å². The molecule has 0 saturated carbocycles. The molecule has 0 bridgehead atoms. The molecule has 2 rings (SSSR count). The van der Waals surface area contributed by atoms with Crippen molar-refractivity contribution in [2.75, 3.05) is 13.2 Å².